The van der Waals surface area contributed by atoms with Gasteiger partial charge in [0.1, 0.15) is 11.6 Å². The van der Waals surface area contributed by atoms with E-state index in [4.69, 9.17) is 26.1 Å². The largest absolute Gasteiger partial charge is 0.465 e. The first-order valence-corrected chi connectivity index (χ1v) is 12.9. The summed E-state index contributed by atoms with van der Waals surface area (Å²) in [6, 6.07) is 24.0. The van der Waals surface area contributed by atoms with E-state index in [0.717, 1.165) is 5.56 Å². The number of amides is 1. The Morgan fingerprint density at radius 1 is 0.947 bits per heavy atom. The Labute approximate surface area is 226 Å². The number of nitrogens with zero attached hydrogens (tertiary/aromatic N) is 2. The van der Waals surface area contributed by atoms with Crippen LogP contribution in [-0.2, 0) is 35.9 Å². The van der Waals surface area contributed by atoms with Gasteiger partial charge in [-0.3, -0.25) is 14.6 Å². The van der Waals surface area contributed by atoms with Crippen molar-refractivity contribution in [3.8, 4) is 0 Å². The molecule has 2 aliphatic rings. The fraction of sp³-hybridized carbons (Fsp3) is 0.267. The number of carbonyl (C=O) groups is 3. The molecule has 3 aromatic carbocycles. The lowest BCUT2D eigenvalue weighted by molar-refractivity contribution is -0.148. The zero-order chi connectivity index (χ0) is 26.9. The Morgan fingerprint density at radius 2 is 1.61 bits per heavy atom. The van der Waals surface area contributed by atoms with Gasteiger partial charge in [-0.2, -0.15) is 0 Å². The number of anilines is 1. The third-order valence-corrected chi connectivity index (χ3v) is 7.21. The average molecular weight is 531 g/mol. The van der Waals surface area contributed by atoms with Crippen molar-refractivity contribution in [3.05, 3.63) is 101 Å². The molecule has 2 heterocycles. The summed E-state index contributed by atoms with van der Waals surface area (Å²) in [6.45, 7) is 3.85. The lowest BCUT2D eigenvalue weighted by Crippen LogP contribution is -2.44. The highest BCUT2D eigenvalue weighted by Crippen LogP contribution is 2.58. The van der Waals surface area contributed by atoms with Gasteiger partial charge in [0.25, 0.3) is 5.91 Å². The van der Waals surface area contributed by atoms with E-state index < -0.39 is 29.3 Å². The number of carbonyl (C=O) groups excluding carboxylic acids is 3. The molecule has 0 bridgehead atoms. The Morgan fingerprint density at radius 3 is 2.26 bits per heavy atom. The highest BCUT2D eigenvalue weighted by atomic mass is 35.5. The third kappa shape index (κ3) is 4.17. The van der Waals surface area contributed by atoms with Crippen LogP contribution in [0, 0.1) is 5.92 Å². The minimum absolute atomic E-state index is 0.0902. The van der Waals surface area contributed by atoms with Gasteiger partial charge in [-0.25, -0.2) is 4.79 Å². The Bertz CT molecular complexity index is 1410. The zero-order valence-electron chi connectivity index (χ0n) is 21.1. The molecular formula is C30H27ClN2O5. The van der Waals surface area contributed by atoms with E-state index in [-0.39, 0.29) is 31.4 Å². The van der Waals surface area contributed by atoms with Crippen molar-refractivity contribution in [2.24, 2.45) is 10.9 Å². The number of fused-ring (bicyclic) bond motifs is 2. The SMILES string of the molecule is CCOC(=O)C1=NC2(C(=O)N(Cc3ccccc3)c3ccc(Cl)cc32)C(c2ccccc2)C1C(=O)OCC. The molecule has 3 unspecified atom stereocenters. The number of hydrogen-bond acceptors (Lipinski definition) is 6. The predicted octanol–water partition coefficient (Wildman–Crippen LogP) is 5.06. The predicted molar refractivity (Wildman–Crippen MR) is 144 cm³/mol. The standard InChI is InChI=1S/C30H27ClN2O5/c1-3-37-27(34)24-25(20-13-9-6-10-14-20)30(32-26(24)28(35)38-4-2)22-17-21(31)15-16-23(22)33(29(30)36)18-19-11-7-5-8-12-19/h5-17,24-25H,3-4,18H2,1-2H3. The average Bonchev–Trinajstić information content (AvgIpc) is 3.40. The zero-order valence-corrected chi connectivity index (χ0v) is 21.9. The van der Waals surface area contributed by atoms with E-state index >= 15 is 0 Å². The van der Waals surface area contributed by atoms with E-state index in [1.54, 1.807) is 36.9 Å². The van der Waals surface area contributed by atoms with Crippen LogP contribution in [-0.4, -0.2) is 36.8 Å². The summed E-state index contributed by atoms with van der Waals surface area (Å²) in [4.78, 5) is 47.8. The molecule has 0 aliphatic carbocycles. The van der Waals surface area contributed by atoms with Crippen molar-refractivity contribution < 1.29 is 23.9 Å². The summed E-state index contributed by atoms with van der Waals surface area (Å²) in [5.74, 6) is -3.73. The van der Waals surface area contributed by atoms with Gasteiger partial charge < -0.3 is 14.4 Å². The third-order valence-electron chi connectivity index (χ3n) is 6.97. The summed E-state index contributed by atoms with van der Waals surface area (Å²) in [5.41, 5.74) is 1.02. The summed E-state index contributed by atoms with van der Waals surface area (Å²) < 4.78 is 10.7. The number of esters is 2. The number of benzene rings is 3. The second-order valence-electron chi connectivity index (χ2n) is 9.14. The van der Waals surface area contributed by atoms with Gasteiger partial charge in [0.15, 0.2) is 5.54 Å². The number of hydrogen-bond donors (Lipinski definition) is 0. The van der Waals surface area contributed by atoms with E-state index in [1.165, 1.54) is 0 Å². The Hall–Kier alpha value is -3.97. The molecule has 38 heavy (non-hydrogen) atoms. The van der Waals surface area contributed by atoms with Gasteiger partial charge in [-0.1, -0.05) is 72.3 Å². The van der Waals surface area contributed by atoms with Crippen molar-refractivity contribution in [2.45, 2.75) is 31.8 Å². The monoisotopic (exact) mass is 530 g/mol. The van der Waals surface area contributed by atoms with E-state index in [1.807, 2.05) is 60.7 Å². The first-order chi connectivity index (χ1) is 18.4. The van der Waals surface area contributed by atoms with E-state index in [2.05, 4.69) is 0 Å². The molecule has 2 aliphatic heterocycles. The molecule has 8 heteroatoms. The lowest BCUT2D eigenvalue weighted by atomic mass is 9.71. The summed E-state index contributed by atoms with van der Waals surface area (Å²) in [5, 5.41) is 0.414. The maximum atomic E-state index is 14.6. The number of aliphatic imine (C=N–C) groups is 1. The van der Waals surface area contributed by atoms with Crippen LogP contribution in [0.5, 0.6) is 0 Å². The highest BCUT2D eigenvalue weighted by Gasteiger charge is 2.65. The second kappa shape index (κ2) is 10.4. The molecule has 1 spiro atoms. The van der Waals surface area contributed by atoms with Crippen LogP contribution in [0.15, 0.2) is 83.9 Å². The molecule has 0 fully saturated rings. The van der Waals surface area contributed by atoms with Crippen LogP contribution in [0.2, 0.25) is 5.02 Å². The molecule has 7 nitrogen and oxygen atoms in total. The van der Waals surface area contributed by atoms with Crippen molar-refractivity contribution in [2.75, 3.05) is 18.1 Å². The molecule has 0 saturated carbocycles. The van der Waals surface area contributed by atoms with E-state index in [0.29, 0.717) is 21.8 Å². The maximum Gasteiger partial charge on any atom is 0.353 e. The molecule has 194 valence electrons. The highest BCUT2D eigenvalue weighted by molar-refractivity contribution is 6.42. The molecule has 1 amide bonds. The minimum atomic E-state index is -1.62. The summed E-state index contributed by atoms with van der Waals surface area (Å²) in [6.07, 6.45) is 0. The first kappa shape index (κ1) is 25.7. The van der Waals surface area contributed by atoms with Crippen molar-refractivity contribution in [1.82, 2.24) is 0 Å². The molecule has 5 rings (SSSR count). The molecular weight excluding hydrogens is 504 g/mol. The van der Waals surface area contributed by atoms with E-state index in [9.17, 15) is 14.4 Å². The molecule has 0 N–H and O–H groups in total. The normalized spacial score (nSPS) is 21.8. The van der Waals surface area contributed by atoms with Crippen molar-refractivity contribution in [1.29, 1.82) is 0 Å². The van der Waals surface area contributed by atoms with Gasteiger partial charge >= 0.3 is 11.9 Å². The molecule has 3 aromatic rings. The van der Waals surface area contributed by atoms with Crippen LogP contribution in [0.1, 0.15) is 36.5 Å². The summed E-state index contributed by atoms with van der Waals surface area (Å²) in [7, 11) is 0. The van der Waals surface area contributed by atoms with Crippen molar-refractivity contribution >= 4 is 40.8 Å². The summed E-state index contributed by atoms with van der Waals surface area (Å²) >= 11 is 6.47. The quantitative estimate of drug-likeness (QED) is 0.398. The van der Waals surface area contributed by atoms with Gasteiger partial charge in [-0.15, -0.1) is 0 Å². The molecule has 0 aromatic heterocycles. The molecule has 0 radical (unpaired) electrons. The number of ether oxygens (including phenoxy) is 2. The van der Waals surface area contributed by atoms with Crippen LogP contribution < -0.4 is 4.90 Å². The van der Waals surface area contributed by atoms with Crippen LogP contribution in [0.4, 0.5) is 5.69 Å². The number of halogens is 1. The fourth-order valence-corrected chi connectivity index (χ4v) is 5.66. The fourth-order valence-electron chi connectivity index (χ4n) is 5.49. The van der Waals surface area contributed by atoms with Gasteiger partial charge in [0.2, 0.25) is 0 Å². The van der Waals surface area contributed by atoms with Gasteiger partial charge in [0.05, 0.1) is 25.4 Å². The number of rotatable bonds is 7. The Balaban J connectivity index is 1.77. The molecule has 0 saturated heterocycles. The first-order valence-electron chi connectivity index (χ1n) is 12.6. The minimum Gasteiger partial charge on any atom is -0.465 e. The molecule has 3 atom stereocenters. The maximum absolute atomic E-state index is 14.6. The Kier molecular flexibility index (Phi) is 7.04. The smallest absolute Gasteiger partial charge is 0.353 e. The van der Waals surface area contributed by atoms with Crippen LogP contribution in [0.3, 0.4) is 0 Å². The topological polar surface area (TPSA) is 85.3 Å². The van der Waals surface area contributed by atoms with Gasteiger partial charge in [0, 0.05) is 16.5 Å². The van der Waals surface area contributed by atoms with Gasteiger partial charge in [-0.05, 0) is 43.2 Å². The van der Waals surface area contributed by atoms with Crippen LogP contribution >= 0.6 is 11.6 Å². The second-order valence-corrected chi connectivity index (χ2v) is 9.58. The lowest BCUT2D eigenvalue weighted by Gasteiger charge is -2.31. The van der Waals surface area contributed by atoms with Crippen LogP contribution in [0.25, 0.3) is 0 Å². The van der Waals surface area contributed by atoms with Crippen molar-refractivity contribution in [3.63, 3.8) is 0 Å².